The van der Waals surface area contributed by atoms with E-state index in [-0.39, 0.29) is 47.5 Å². The Labute approximate surface area is 322 Å². The lowest BCUT2D eigenvalue weighted by Gasteiger charge is -2.71. The van der Waals surface area contributed by atoms with Crippen LogP contribution >= 0.6 is 0 Å². The number of hydrogen-bond acceptors (Lipinski definition) is 6. The summed E-state index contributed by atoms with van der Waals surface area (Å²) in [6.07, 6.45) is 10.5. The Hall–Kier alpha value is -4.34. The Morgan fingerprint density at radius 3 is 2.25 bits per heavy atom. The molecule has 2 N–H and O–H groups in total. The molecule has 9 heteroatoms. The van der Waals surface area contributed by atoms with Gasteiger partial charge in [-0.25, -0.2) is 8.78 Å². The third kappa shape index (κ3) is 5.62. The maximum Gasteiger partial charge on any atom is 0.227 e. The normalized spacial score (nSPS) is 34.3. The van der Waals surface area contributed by atoms with Crippen molar-refractivity contribution in [3.8, 4) is 11.5 Å². The summed E-state index contributed by atoms with van der Waals surface area (Å²) in [5.41, 5.74) is -1.25. The minimum absolute atomic E-state index is 0.0271. The number of rotatable bonds is 10. The van der Waals surface area contributed by atoms with E-state index in [4.69, 9.17) is 9.47 Å². The lowest BCUT2D eigenvalue weighted by Crippen LogP contribution is -2.67. The minimum Gasteiger partial charge on any atom is -0.493 e. The predicted molar refractivity (Wildman–Crippen MR) is 204 cm³/mol. The zero-order valence-corrected chi connectivity index (χ0v) is 32.1. The van der Waals surface area contributed by atoms with Crippen molar-refractivity contribution in [1.82, 2.24) is 4.90 Å². The van der Waals surface area contributed by atoms with Gasteiger partial charge in [-0.15, -0.1) is 0 Å². The Balaban J connectivity index is 1.18. The first-order valence-electron chi connectivity index (χ1n) is 19.6. The fourth-order valence-corrected chi connectivity index (χ4v) is 12.0. The number of halogens is 2. The first kappa shape index (κ1) is 37.6. The molecule has 6 aliphatic carbocycles. The number of hydrogen-bond donors (Lipinski definition) is 2. The van der Waals surface area contributed by atoms with E-state index in [1.165, 1.54) is 6.07 Å². The molecule has 3 aromatic carbocycles. The number of fused-ring (bicyclic) bond motifs is 1. The number of amides is 1. The number of ketones is 1. The van der Waals surface area contributed by atoms with Crippen molar-refractivity contribution in [1.29, 1.82) is 0 Å². The largest absolute Gasteiger partial charge is 0.493 e. The van der Waals surface area contributed by atoms with Gasteiger partial charge in [0.2, 0.25) is 5.91 Å². The van der Waals surface area contributed by atoms with Gasteiger partial charge in [-0.1, -0.05) is 68.5 Å². The molecule has 0 aliphatic heterocycles. The lowest BCUT2D eigenvalue weighted by atomic mass is 9.32. The second-order valence-corrected chi connectivity index (χ2v) is 17.4. The van der Waals surface area contributed by atoms with Gasteiger partial charge in [-0.3, -0.25) is 9.59 Å². The Kier molecular flexibility index (Phi) is 9.16. The van der Waals surface area contributed by atoms with E-state index in [2.05, 4.69) is 32.1 Å². The van der Waals surface area contributed by atoms with Crippen LogP contribution in [0.1, 0.15) is 80.3 Å². The van der Waals surface area contributed by atoms with Crippen molar-refractivity contribution in [3.63, 3.8) is 0 Å². The number of Topliss-reactive ketones (excluding diaryl/α,β-unsaturated/α-hetero) is 1. The first-order valence-corrected chi connectivity index (χ1v) is 19.6. The molecular weight excluding hydrogens is 701 g/mol. The monoisotopic (exact) mass is 751 g/mol. The van der Waals surface area contributed by atoms with Crippen LogP contribution in [0.25, 0.3) is 0 Å². The number of aliphatic hydroxyl groups excluding tert-OH is 1. The van der Waals surface area contributed by atoms with Crippen molar-refractivity contribution >= 4 is 11.7 Å². The van der Waals surface area contributed by atoms with Crippen LogP contribution in [0.2, 0.25) is 0 Å². The van der Waals surface area contributed by atoms with Gasteiger partial charge >= 0.3 is 0 Å². The zero-order valence-electron chi connectivity index (χ0n) is 32.1. The maximum absolute atomic E-state index is 14.8. The molecule has 3 saturated carbocycles. The van der Waals surface area contributed by atoms with Crippen LogP contribution in [-0.2, 0) is 17.8 Å². The molecule has 6 aliphatic rings. The summed E-state index contributed by atoms with van der Waals surface area (Å²) in [4.78, 5) is 30.9. The van der Waals surface area contributed by atoms with Crippen molar-refractivity contribution in [2.45, 2.75) is 83.5 Å². The van der Waals surface area contributed by atoms with Gasteiger partial charge in [0.05, 0.1) is 38.9 Å². The van der Waals surface area contributed by atoms with Crippen LogP contribution in [-0.4, -0.2) is 59.3 Å². The van der Waals surface area contributed by atoms with Gasteiger partial charge in [0, 0.05) is 33.9 Å². The molecule has 3 fully saturated rings. The highest BCUT2D eigenvalue weighted by Gasteiger charge is 2.74. The molecule has 3 aromatic rings. The fraction of sp³-hybridized carbons (Fsp3) is 0.478. The van der Waals surface area contributed by atoms with Crippen LogP contribution in [0.15, 0.2) is 90.5 Å². The van der Waals surface area contributed by atoms with Gasteiger partial charge in [0.25, 0.3) is 0 Å². The zero-order chi connectivity index (χ0) is 39.0. The molecular formula is C46H51F2NO6. The van der Waals surface area contributed by atoms with E-state index in [1.807, 2.05) is 36.4 Å². The third-order valence-electron chi connectivity index (χ3n) is 15.0. The summed E-state index contributed by atoms with van der Waals surface area (Å²) in [7, 11) is 3.13. The number of methoxy groups -OCH3 is 2. The van der Waals surface area contributed by atoms with E-state index in [1.54, 1.807) is 31.3 Å². The van der Waals surface area contributed by atoms with Gasteiger partial charge in [0.15, 0.2) is 28.9 Å². The summed E-state index contributed by atoms with van der Waals surface area (Å²) in [6.45, 7) is 4.85. The van der Waals surface area contributed by atoms with Crippen LogP contribution < -0.4 is 9.47 Å². The Morgan fingerprint density at radius 2 is 1.53 bits per heavy atom. The number of ether oxygens (including phenoxy) is 2. The number of allylic oxidation sites excluding steroid dienone is 4. The number of carbonyl (C=O) groups is 2. The highest BCUT2D eigenvalue weighted by molar-refractivity contribution is 6.10. The van der Waals surface area contributed by atoms with Crippen LogP contribution in [0.3, 0.4) is 0 Å². The molecule has 9 rings (SSSR count). The van der Waals surface area contributed by atoms with Crippen LogP contribution in [0.5, 0.6) is 11.5 Å². The van der Waals surface area contributed by atoms with E-state index >= 15 is 0 Å². The third-order valence-corrected chi connectivity index (χ3v) is 15.0. The predicted octanol–water partition coefficient (Wildman–Crippen LogP) is 8.03. The van der Waals surface area contributed by atoms with E-state index < -0.39 is 39.6 Å². The number of aliphatic hydroxyl groups is 2. The molecule has 2 bridgehead atoms. The van der Waals surface area contributed by atoms with E-state index in [9.17, 15) is 28.6 Å². The van der Waals surface area contributed by atoms with Gasteiger partial charge in [0.1, 0.15) is 0 Å². The van der Waals surface area contributed by atoms with Crippen LogP contribution in [0.4, 0.5) is 8.78 Å². The second kappa shape index (κ2) is 13.4. The smallest absolute Gasteiger partial charge is 0.227 e. The molecule has 7 nitrogen and oxygen atoms in total. The molecule has 1 amide bonds. The average molecular weight is 752 g/mol. The van der Waals surface area contributed by atoms with Crippen molar-refractivity contribution in [3.05, 3.63) is 119 Å². The highest BCUT2D eigenvalue weighted by atomic mass is 19.2. The van der Waals surface area contributed by atoms with E-state index in [0.717, 1.165) is 36.1 Å². The molecule has 8 atom stereocenters. The summed E-state index contributed by atoms with van der Waals surface area (Å²) in [5, 5.41) is 24.1. The van der Waals surface area contributed by atoms with Crippen molar-refractivity contribution in [2.24, 2.45) is 33.5 Å². The maximum atomic E-state index is 14.8. The number of nitrogens with zero attached hydrogens (tertiary/aromatic N) is 1. The molecule has 290 valence electrons. The summed E-state index contributed by atoms with van der Waals surface area (Å²) < 4.78 is 39.7. The van der Waals surface area contributed by atoms with Crippen LogP contribution in [0, 0.1) is 45.1 Å². The molecule has 2 spiro atoms. The topological polar surface area (TPSA) is 96.3 Å². The molecule has 0 aromatic heterocycles. The average Bonchev–Trinajstić information content (AvgIpc) is 3.45. The van der Waals surface area contributed by atoms with Crippen molar-refractivity contribution in [2.75, 3.05) is 20.8 Å². The highest BCUT2D eigenvalue weighted by Crippen LogP contribution is 2.78. The van der Waals surface area contributed by atoms with E-state index in [0.29, 0.717) is 55.7 Å². The second-order valence-electron chi connectivity index (χ2n) is 17.4. The SMILES string of the molecule is COc1ccc(CC(=O)N(Cc2ccccc2)CC2(O)CCC3C45C=CC6(C=C4C(=O)c4ccc(F)c(F)c4)CC(O)CCC6(C)C5CCC32C)cc1OC. The molecule has 0 saturated heterocycles. The number of carbonyl (C=O) groups excluding carboxylic acids is 2. The summed E-state index contributed by atoms with van der Waals surface area (Å²) in [5.74, 6) is -1.62. The molecule has 8 unspecified atom stereocenters. The summed E-state index contributed by atoms with van der Waals surface area (Å²) in [6, 6.07) is 18.6. The molecule has 0 radical (unpaired) electrons. The van der Waals surface area contributed by atoms with Gasteiger partial charge in [-0.2, -0.15) is 0 Å². The summed E-state index contributed by atoms with van der Waals surface area (Å²) >= 11 is 0. The lowest BCUT2D eigenvalue weighted by molar-refractivity contribution is -0.178. The van der Waals surface area contributed by atoms with Gasteiger partial charge < -0.3 is 24.6 Å². The number of benzene rings is 3. The fourth-order valence-electron chi connectivity index (χ4n) is 12.0. The molecule has 0 heterocycles. The molecule has 55 heavy (non-hydrogen) atoms. The minimum atomic E-state index is -1.29. The standard InChI is InChI=1S/C46H51F2NO6/c1-42-17-14-32(50)25-44(42)20-21-46(33(26-44)41(52)31-11-12-34(47)35(48)24-31)38(42)15-18-43(2)39(46)16-19-45(43,53)28-49(27-29-8-6-5-7-9-29)40(51)23-30-10-13-36(54-3)37(22-30)55-4/h5-13,20-22,24,26,32,38-39,50,53H,14-19,23,25,27-28H2,1-4H3. The van der Waals surface area contributed by atoms with Crippen molar-refractivity contribution < 1.29 is 38.1 Å². The first-order chi connectivity index (χ1) is 26.2. The quantitative estimate of drug-likeness (QED) is 0.161. The Bertz CT molecular complexity index is 2090. The Morgan fingerprint density at radius 1 is 0.818 bits per heavy atom. The van der Waals surface area contributed by atoms with Gasteiger partial charge in [-0.05, 0) is 104 Å².